The number of pyridine rings is 1. The Balaban J connectivity index is 1.44. The van der Waals surface area contributed by atoms with E-state index in [0.29, 0.717) is 28.9 Å². The van der Waals surface area contributed by atoms with Crippen molar-refractivity contribution in [3.63, 3.8) is 0 Å². The normalized spacial score (nSPS) is 10.6. The molecule has 0 aliphatic carbocycles. The molecule has 0 atom stereocenters. The number of fused-ring (bicyclic) bond motifs is 1. The maximum atomic E-state index is 12.7. The van der Waals surface area contributed by atoms with Crippen LogP contribution in [-0.2, 0) is 6.54 Å². The van der Waals surface area contributed by atoms with E-state index in [2.05, 4.69) is 25.6 Å². The second-order valence-corrected chi connectivity index (χ2v) is 7.18. The molecule has 31 heavy (non-hydrogen) atoms. The van der Waals surface area contributed by atoms with Crippen molar-refractivity contribution in [1.82, 2.24) is 20.3 Å². The number of aryl methyl sites for hydroxylation is 2. The summed E-state index contributed by atoms with van der Waals surface area (Å²) < 4.78 is 0. The molecule has 2 heterocycles. The predicted molar refractivity (Wildman–Crippen MR) is 119 cm³/mol. The third-order valence-corrected chi connectivity index (χ3v) is 4.90. The Kier molecular flexibility index (Phi) is 5.66. The third-order valence-electron chi connectivity index (χ3n) is 4.90. The summed E-state index contributed by atoms with van der Waals surface area (Å²) in [4.78, 5) is 37.9. The molecule has 4 rings (SSSR count). The summed E-state index contributed by atoms with van der Waals surface area (Å²) in [7, 11) is 0. The summed E-state index contributed by atoms with van der Waals surface area (Å²) in [5.41, 5.74) is 5.66. The van der Waals surface area contributed by atoms with Gasteiger partial charge in [0.15, 0.2) is 0 Å². The van der Waals surface area contributed by atoms with Gasteiger partial charge < -0.3 is 10.6 Å². The highest BCUT2D eigenvalue weighted by Crippen LogP contribution is 2.17. The molecule has 2 N–H and O–H groups in total. The van der Waals surface area contributed by atoms with E-state index in [1.807, 2.05) is 32.0 Å². The first-order chi connectivity index (χ1) is 15.0. The Morgan fingerprint density at radius 3 is 2.42 bits per heavy atom. The van der Waals surface area contributed by atoms with Crippen LogP contribution in [0, 0.1) is 13.8 Å². The van der Waals surface area contributed by atoms with Gasteiger partial charge in [-0.1, -0.05) is 12.1 Å². The molecule has 7 nitrogen and oxygen atoms in total. The number of anilines is 1. The average Bonchev–Trinajstić information content (AvgIpc) is 2.79. The minimum Gasteiger partial charge on any atom is -0.348 e. The van der Waals surface area contributed by atoms with Crippen LogP contribution in [0.25, 0.3) is 11.0 Å². The van der Waals surface area contributed by atoms with Gasteiger partial charge in [0.2, 0.25) is 0 Å². The number of nitrogens with zero attached hydrogens (tertiary/aromatic N) is 3. The molecule has 0 aliphatic heterocycles. The molecule has 0 spiro atoms. The Hall–Kier alpha value is -4.13. The van der Waals surface area contributed by atoms with Gasteiger partial charge >= 0.3 is 0 Å². The lowest BCUT2D eigenvalue weighted by Gasteiger charge is -2.09. The highest BCUT2D eigenvalue weighted by molar-refractivity contribution is 6.06. The maximum Gasteiger partial charge on any atom is 0.255 e. The van der Waals surface area contributed by atoms with Crippen LogP contribution in [0.5, 0.6) is 0 Å². The average molecular weight is 411 g/mol. The summed E-state index contributed by atoms with van der Waals surface area (Å²) >= 11 is 0. The second-order valence-electron chi connectivity index (χ2n) is 7.18. The smallest absolute Gasteiger partial charge is 0.255 e. The first-order valence-corrected chi connectivity index (χ1v) is 9.83. The SMILES string of the molecule is Cc1nc2ccc(C(=O)Nc3cccc(CNC(=O)c4cccnc4)c3)cc2nc1C. The highest BCUT2D eigenvalue weighted by atomic mass is 16.2. The van der Waals surface area contributed by atoms with Crippen molar-refractivity contribution in [1.29, 1.82) is 0 Å². The van der Waals surface area contributed by atoms with Crippen LogP contribution in [0.15, 0.2) is 67.0 Å². The van der Waals surface area contributed by atoms with Crippen LogP contribution in [0.4, 0.5) is 5.69 Å². The second kappa shape index (κ2) is 8.71. The Morgan fingerprint density at radius 2 is 1.65 bits per heavy atom. The lowest BCUT2D eigenvalue weighted by Crippen LogP contribution is -2.23. The summed E-state index contributed by atoms with van der Waals surface area (Å²) in [6.07, 6.45) is 3.13. The van der Waals surface area contributed by atoms with E-state index in [1.54, 1.807) is 42.6 Å². The van der Waals surface area contributed by atoms with Crippen LogP contribution in [-0.4, -0.2) is 26.8 Å². The van der Waals surface area contributed by atoms with E-state index < -0.39 is 0 Å². The third kappa shape index (κ3) is 4.72. The number of benzene rings is 2. The number of carbonyl (C=O) groups excluding carboxylic acids is 2. The van der Waals surface area contributed by atoms with Crippen molar-refractivity contribution in [3.8, 4) is 0 Å². The number of aromatic nitrogens is 3. The molecule has 2 aromatic carbocycles. The summed E-state index contributed by atoms with van der Waals surface area (Å²) in [5.74, 6) is -0.441. The maximum absolute atomic E-state index is 12.7. The Labute approximate surface area is 179 Å². The van der Waals surface area contributed by atoms with Gasteiger partial charge in [0.25, 0.3) is 11.8 Å². The molecule has 0 fully saturated rings. The van der Waals surface area contributed by atoms with Gasteiger partial charge in [-0.05, 0) is 61.9 Å². The largest absolute Gasteiger partial charge is 0.348 e. The standard InChI is InChI=1S/C24H21N5O2/c1-15-16(2)28-22-12-18(8-9-21(22)27-15)24(31)29-20-7-3-5-17(11-20)13-26-23(30)19-6-4-10-25-14-19/h3-12,14H,13H2,1-2H3,(H,26,30)(H,29,31). The summed E-state index contributed by atoms with van der Waals surface area (Å²) in [6, 6.07) is 16.0. The van der Waals surface area contributed by atoms with Gasteiger partial charge in [0.05, 0.1) is 28.0 Å². The molecular formula is C24H21N5O2. The monoisotopic (exact) mass is 411 g/mol. The van der Waals surface area contributed by atoms with Crippen LogP contribution in [0.3, 0.4) is 0 Å². The molecule has 0 aliphatic rings. The molecule has 0 unspecified atom stereocenters. The van der Waals surface area contributed by atoms with Gasteiger partial charge in [0, 0.05) is 30.2 Å². The van der Waals surface area contributed by atoms with Crippen LogP contribution in [0.2, 0.25) is 0 Å². The van der Waals surface area contributed by atoms with E-state index in [-0.39, 0.29) is 11.8 Å². The Morgan fingerprint density at radius 1 is 0.839 bits per heavy atom. The van der Waals surface area contributed by atoms with Crippen molar-refractivity contribution in [2.24, 2.45) is 0 Å². The Bertz CT molecular complexity index is 1270. The molecule has 0 saturated carbocycles. The quantitative estimate of drug-likeness (QED) is 0.520. The zero-order chi connectivity index (χ0) is 21.8. The zero-order valence-electron chi connectivity index (χ0n) is 17.2. The van der Waals surface area contributed by atoms with Gasteiger partial charge in [-0.15, -0.1) is 0 Å². The minimum absolute atomic E-state index is 0.203. The predicted octanol–water partition coefficient (Wildman–Crippen LogP) is 3.82. The molecule has 7 heteroatoms. The van der Waals surface area contributed by atoms with Gasteiger partial charge in [-0.2, -0.15) is 0 Å². The van der Waals surface area contributed by atoms with Crippen LogP contribution < -0.4 is 10.6 Å². The number of hydrogen-bond acceptors (Lipinski definition) is 5. The molecule has 2 aromatic heterocycles. The van der Waals surface area contributed by atoms with E-state index in [9.17, 15) is 9.59 Å². The van der Waals surface area contributed by atoms with Crippen LogP contribution in [0.1, 0.15) is 37.7 Å². The van der Waals surface area contributed by atoms with Crippen molar-refractivity contribution >= 4 is 28.5 Å². The van der Waals surface area contributed by atoms with Crippen molar-refractivity contribution < 1.29 is 9.59 Å². The number of rotatable bonds is 5. The molecule has 0 saturated heterocycles. The lowest BCUT2D eigenvalue weighted by molar-refractivity contribution is 0.0949. The molecule has 0 radical (unpaired) electrons. The van der Waals surface area contributed by atoms with Crippen molar-refractivity contribution in [3.05, 3.63) is 95.1 Å². The van der Waals surface area contributed by atoms with E-state index in [1.165, 1.54) is 6.20 Å². The van der Waals surface area contributed by atoms with E-state index in [4.69, 9.17) is 0 Å². The molecule has 2 amide bonds. The van der Waals surface area contributed by atoms with Crippen molar-refractivity contribution in [2.75, 3.05) is 5.32 Å². The molecule has 0 bridgehead atoms. The van der Waals surface area contributed by atoms with Crippen molar-refractivity contribution in [2.45, 2.75) is 20.4 Å². The van der Waals surface area contributed by atoms with Crippen LogP contribution >= 0.6 is 0 Å². The fraction of sp³-hybridized carbons (Fsp3) is 0.125. The fourth-order valence-electron chi connectivity index (χ4n) is 3.12. The number of amides is 2. The number of hydrogen-bond donors (Lipinski definition) is 2. The van der Waals surface area contributed by atoms with E-state index in [0.717, 1.165) is 22.5 Å². The highest BCUT2D eigenvalue weighted by Gasteiger charge is 2.10. The number of nitrogens with one attached hydrogen (secondary N) is 2. The fourth-order valence-corrected chi connectivity index (χ4v) is 3.12. The van der Waals surface area contributed by atoms with E-state index >= 15 is 0 Å². The van der Waals surface area contributed by atoms with Gasteiger partial charge in [-0.3, -0.25) is 14.6 Å². The molecule has 154 valence electrons. The van der Waals surface area contributed by atoms with Gasteiger partial charge in [0.1, 0.15) is 0 Å². The first kappa shape index (κ1) is 20.2. The molecular weight excluding hydrogens is 390 g/mol. The topological polar surface area (TPSA) is 96.9 Å². The van der Waals surface area contributed by atoms with Gasteiger partial charge in [-0.25, -0.2) is 9.97 Å². The number of carbonyl (C=O) groups is 2. The zero-order valence-corrected chi connectivity index (χ0v) is 17.2. The lowest BCUT2D eigenvalue weighted by atomic mass is 10.1. The molecule has 4 aromatic rings. The minimum atomic E-state index is -0.238. The summed E-state index contributed by atoms with van der Waals surface area (Å²) in [6.45, 7) is 4.14. The first-order valence-electron chi connectivity index (χ1n) is 9.83. The summed E-state index contributed by atoms with van der Waals surface area (Å²) in [5, 5.41) is 5.75.